The van der Waals surface area contributed by atoms with Crippen LogP contribution in [-0.4, -0.2) is 35.5 Å². The molecule has 0 saturated carbocycles. The Kier molecular flexibility index (Phi) is 22.2. The molecule has 0 aromatic heterocycles. The Balaban J connectivity index is 3.24. The molecule has 0 aliphatic rings. The van der Waals surface area contributed by atoms with Gasteiger partial charge in [0, 0.05) is 6.42 Å². The quantitative estimate of drug-likeness (QED) is 0.133. The second-order valence-electron chi connectivity index (χ2n) is 7.91. The second kappa shape index (κ2) is 23.2. The van der Waals surface area contributed by atoms with Gasteiger partial charge in [-0.15, -0.1) is 0 Å². The highest BCUT2D eigenvalue weighted by Crippen LogP contribution is 2.12. The van der Waals surface area contributed by atoms with Gasteiger partial charge in [-0.1, -0.05) is 89.0 Å². The van der Waals surface area contributed by atoms with Gasteiger partial charge in [0.05, 0.1) is 6.61 Å². The van der Waals surface area contributed by atoms with Crippen LogP contribution < -0.4 is 0 Å². The van der Waals surface area contributed by atoms with E-state index in [0.29, 0.717) is 6.42 Å². The minimum absolute atomic E-state index is 0.110. The molecule has 1 atom stereocenters. The lowest BCUT2D eigenvalue weighted by molar-refractivity contribution is -0.147. The second-order valence-corrected chi connectivity index (χ2v) is 7.91. The van der Waals surface area contributed by atoms with Crippen molar-refractivity contribution >= 4 is 5.97 Å². The van der Waals surface area contributed by atoms with Gasteiger partial charge in [-0.25, -0.2) is 0 Å². The summed E-state index contributed by atoms with van der Waals surface area (Å²) in [6, 6.07) is 0. The summed E-state index contributed by atoms with van der Waals surface area (Å²) in [7, 11) is 0. The normalized spacial score (nSPS) is 12.8. The van der Waals surface area contributed by atoms with E-state index < -0.39 is 6.10 Å². The number of hydrogen-bond donors (Lipinski definition) is 2. The zero-order chi connectivity index (χ0) is 21.4. The SMILES string of the molecule is CCCCC/C=C/C/C=C/CCCCCCCCCCCC(=O)OC[C@@H](O)CO. The fraction of sp³-hybridized carbons (Fsp3) is 0.800. The van der Waals surface area contributed by atoms with Gasteiger partial charge in [0.2, 0.25) is 0 Å². The number of hydrogen-bond acceptors (Lipinski definition) is 4. The fourth-order valence-corrected chi connectivity index (χ4v) is 3.10. The van der Waals surface area contributed by atoms with Crippen LogP contribution >= 0.6 is 0 Å². The zero-order valence-corrected chi connectivity index (χ0v) is 18.8. The molecule has 2 N–H and O–H groups in total. The minimum atomic E-state index is -0.961. The molecule has 0 radical (unpaired) electrons. The summed E-state index contributed by atoms with van der Waals surface area (Å²) in [6.07, 6.45) is 27.0. The van der Waals surface area contributed by atoms with E-state index in [0.717, 1.165) is 19.3 Å². The predicted molar refractivity (Wildman–Crippen MR) is 122 cm³/mol. The Morgan fingerprint density at radius 1 is 0.793 bits per heavy atom. The van der Waals surface area contributed by atoms with Crippen molar-refractivity contribution in [3.63, 3.8) is 0 Å². The van der Waals surface area contributed by atoms with Gasteiger partial charge in [-0.05, 0) is 38.5 Å². The van der Waals surface area contributed by atoms with Crippen LogP contribution in [0, 0.1) is 0 Å². The zero-order valence-electron chi connectivity index (χ0n) is 18.8. The Hall–Kier alpha value is -1.13. The first kappa shape index (κ1) is 27.9. The highest BCUT2D eigenvalue weighted by Gasteiger charge is 2.07. The Bertz CT molecular complexity index is 404. The molecule has 0 amide bonds. The summed E-state index contributed by atoms with van der Waals surface area (Å²) >= 11 is 0. The molecular formula is C25H46O4. The maximum Gasteiger partial charge on any atom is 0.305 e. The summed E-state index contributed by atoms with van der Waals surface area (Å²) in [6.45, 7) is 1.76. The van der Waals surface area contributed by atoms with Gasteiger partial charge < -0.3 is 14.9 Å². The Labute approximate surface area is 179 Å². The number of aliphatic hydroxyl groups is 2. The largest absolute Gasteiger partial charge is 0.463 e. The van der Waals surface area contributed by atoms with Gasteiger partial charge in [-0.3, -0.25) is 4.79 Å². The van der Waals surface area contributed by atoms with Crippen molar-refractivity contribution in [1.82, 2.24) is 0 Å². The standard InChI is InChI=1S/C25H46O4/c1-2-3-4-5-6-7-8-9-10-11-12-13-14-15-16-17-18-19-20-21-25(28)29-23-24(27)22-26/h6-7,9-10,24,26-27H,2-5,8,11-23H2,1H3/b7-6+,10-9+/t24-/m0/s1. The van der Waals surface area contributed by atoms with E-state index in [9.17, 15) is 4.79 Å². The van der Waals surface area contributed by atoms with Crippen molar-refractivity contribution in [3.05, 3.63) is 24.3 Å². The van der Waals surface area contributed by atoms with Crippen LogP contribution in [0.25, 0.3) is 0 Å². The lowest BCUT2D eigenvalue weighted by atomic mass is 10.1. The van der Waals surface area contributed by atoms with Gasteiger partial charge in [0.1, 0.15) is 12.7 Å². The van der Waals surface area contributed by atoms with Crippen LogP contribution in [0.5, 0.6) is 0 Å². The molecule has 0 saturated heterocycles. The van der Waals surface area contributed by atoms with Crippen molar-refractivity contribution in [2.75, 3.05) is 13.2 Å². The van der Waals surface area contributed by atoms with Crippen molar-refractivity contribution < 1.29 is 19.7 Å². The first-order chi connectivity index (χ1) is 14.2. The average molecular weight is 411 g/mol. The molecule has 170 valence electrons. The van der Waals surface area contributed by atoms with Gasteiger partial charge in [-0.2, -0.15) is 0 Å². The molecule has 0 aromatic carbocycles. The average Bonchev–Trinajstić information content (AvgIpc) is 2.73. The summed E-state index contributed by atoms with van der Waals surface area (Å²) in [5.74, 6) is -0.283. The van der Waals surface area contributed by atoms with E-state index >= 15 is 0 Å². The molecule has 4 heteroatoms. The number of ether oxygens (including phenoxy) is 1. The number of aliphatic hydroxyl groups excluding tert-OH is 2. The molecule has 0 unspecified atom stereocenters. The van der Waals surface area contributed by atoms with E-state index in [1.807, 2.05) is 0 Å². The Morgan fingerprint density at radius 2 is 1.31 bits per heavy atom. The van der Waals surface area contributed by atoms with E-state index in [4.69, 9.17) is 14.9 Å². The number of carbonyl (C=O) groups excluding carboxylic acids is 1. The van der Waals surface area contributed by atoms with Gasteiger partial charge in [0.15, 0.2) is 0 Å². The van der Waals surface area contributed by atoms with Crippen LogP contribution in [0.1, 0.15) is 110 Å². The summed E-state index contributed by atoms with van der Waals surface area (Å²) in [4.78, 5) is 11.4. The maximum absolute atomic E-state index is 11.4. The predicted octanol–water partition coefficient (Wildman–Crippen LogP) is 6.26. The molecule has 4 nitrogen and oxygen atoms in total. The first-order valence-corrected chi connectivity index (χ1v) is 11.9. The third-order valence-corrected chi connectivity index (χ3v) is 4.98. The molecule has 0 heterocycles. The third kappa shape index (κ3) is 23.0. The molecule has 29 heavy (non-hydrogen) atoms. The van der Waals surface area contributed by atoms with Crippen LogP contribution in [0.3, 0.4) is 0 Å². The smallest absolute Gasteiger partial charge is 0.305 e. The molecule has 0 aliphatic carbocycles. The third-order valence-electron chi connectivity index (χ3n) is 4.98. The van der Waals surface area contributed by atoms with Gasteiger partial charge in [0.25, 0.3) is 0 Å². The maximum atomic E-state index is 11.4. The molecule has 0 aliphatic heterocycles. The highest BCUT2D eigenvalue weighted by atomic mass is 16.5. The molecule has 0 aromatic rings. The van der Waals surface area contributed by atoms with Crippen LogP contribution in [-0.2, 0) is 9.53 Å². The van der Waals surface area contributed by atoms with E-state index in [2.05, 4.69) is 31.2 Å². The lowest BCUT2D eigenvalue weighted by Crippen LogP contribution is -2.21. The number of carbonyl (C=O) groups is 1. The van der Waals surface area contributed by atoms with Crippen molar-refractivity contribution in [3.8, 4) is 0 Å². The van der Waals surface area contributed by atoms with E-state index in [1.54, 1.807) is 0 Å². The summed E-state index contributed by atoms with van der Waals surface area (Å²) in [5.41, 5.74) is 0. The molecule has 0 fully saturated rings. The summed E-state index contributed by atoms with van der Waals surface area (Å²) in [5, 5.41) is 17.8. The number of allylic oxidation sites excluding steroid dienone is 4. The van der Waals surface area contributed by atoms with Crippen molar-refractivity contribution in [2.45, 2.75) is 116 Å². The van der Waals surface area contributed by atoms with E-state index in [1.165, 1.54) is 77.0 Å². The lowest BCUT2D eigenvalue weighted by Gasteiger charge is -2.08. The van der Waals surface area contributed by atoms with Crippen LogP contribution in [0.2, 0.25) is 0 Å². The minimum Gasteiger partial charge on any atom is -0.463 e. The number of unbranched alkanes of at least 4 members (excludes halogenated alkanes) is 12. The molecular weight excluding hydrogens is 364 g/mol. The van der Waals surface area contributed by atoms with Crippen molar-refractivity contribution in [1.29, 1.82) is 0 Å². The first-order valence-electron chi connectivity index (χ1n) is 11.9. The van der Waals surface area contributed by atoms with E-state index in [-0.39, 0.29) is 19.2 Å². The molecule has 0 spiro atoms. The summed E-state index contributed by atoms with van der Waals surface area (Å²) < 4.78 is 4.87. The number of rotatable bonds is 21. The van der Waals surface area contributed by atoms with Crippen LogP contribution in [0.4, 0.5) is 0 Å². The van der Waals surface area contributed by atoms with Gasteiger partial charge >= 0.3 is 5.97 Å². The molecule has 0 rings (SSSR count). The molecule has 0 bridgehead atoms. The Morgan fingerprint density at radius 3 is 1.86 bits per heavy atom. The monoisotopic (exact) mass is 410 g/mol. The fourth-order valence-electron chi connectivity index (χ4n) is 3.10. The van der Waals surface area contributed by atoms with Crippen LogP contribution in [0.15, 0.2) is 24.3 Å². The van der Waals surface area contributed by atoms with Crippen molar-refractivity contribution in [2.24, 2.45) is 0 Å². The number of esters is 1. The topological polar surface area (TPSA) is 66.8 Å². The highest BCUT2D eigenvalue weighted by molar-refractivity contribution is 5.69.